The van der Waals surface area contributed by atoms with Crippen LogP contribution in [0, 0.1) is 5.92 Å². The van der Waals surface area contributed by atoms with Gasteiger partial charge in [0.25, 0.3) is 0 Å². The molecule has 0 bridgehead atoms. The summed E-state index contributed by atoms with van der Waals surface area (Å²) in [6.07, 6.45) is 4.19. The van der Waals surface area contributed by atoms with Crippen molar-refractivity contribution in [2.24, 2.45) is 5.92 Å². The molecule has 0 aliphatic carbocycles. The van der Waals surface area contributed by atoms with Crippen LogP contribution in [-0.4, -0.2) is 28.3 Å². The van der Waals surface area contributed by atoms with Crippen molar-refractivity contribution in [3.63, 3.8) is 0 Å². The van der Waals surface area contributed by atoms with Crippen molar-refractivity contribution in [3.05, 3.63) is 18.0 Å². The van der Waals surface area contributed by atoms with E-state index >= 15 is 0 Å². The molecule has 1 heterocycles. The summed E-state index contributed by atoms with van der Waals surface area (Å²) < 4.78 is 2.03. The molecule has 0 radical (unpaired) electrons. The number of amides is 1. The van der Waals surface area contributed by atoms with E-state index in [1.807, 2.05) is 23.9 Å². The van der Waals surface area contributed by atoms with Crippen molar-refractivity contribution in [3.8, 4) is 0 Å². The molecule has 0 saturated carbocycles. The number of hydrogen-bond acceptors (Lipinski definition) is 3. The lowest BCUT2D eigenvalue weighted by molar-refractivity contribution is -0.122. The van der Waals surface area contributed by atoms with E-state index in [2.05, 4.69) is 43.4 Å². The summed E-state index contributed by atoms with van der Waals surface area (Å²) in [5.41, 5.74) is 0.977. The van der Waals surface area contributed by atoms with Crippen molar-refractivity contribution < 1.29 is 4.79 Å². The molecule has 1 aromatic rings. The summed E-state index contributed by atoms with van der Waals surface area (Å²) in [6.45, 7) is 11.7. The summed E-state index contributed by atoms with van der Waals surface area (Å²) >= 11 is 0. The second-order valence-electron chi connectivity index (χ2n) is 6.00. The Kier molecular flexibility index (Phi) is 7.43. The van der Waals surface area contributed by atoms with Gasteiger partial charge in [-0.3, -0.25) is 9.48 Å². The first-order valence-electron chi connectivity index (χ1n) is 8.03. The maximum absolute atomic E-state index is 11.9. The Morgan fingerprint density at radius 1 is 1.29 bits per heavy atom. The summed E-state index contributed by atoms with van der Waals surface area (Å²) in [5.74, 6) is 0.514. The van der Waals surface area contributed by atoms with Gasteiger partial charge in [-0.15, -0.1) is 0 Å². The molecular weight excluding hydrogens is 264 g/mol. The Morgan fingerprint density at radius 2 is 1.95 bits per heavy atom. The van der Waals surface area contributed by atoms with Crippen LogP contribution in [0.1, 0.15) is 59.2 Å². The Morgan fingerprint density at radius 3 is 2.52 bits per heavy atom. The highest BCUT2D eigenvalue weighted by Gasteiger charge is 2.13. The van der Waals surface area contributed by atoms with Crippen molar-refractivity contribution >= 4 is 5.91 Å². The van der Waals surface area contributed by atoms with E-state index in [0.29, 0.717) is 25.0 Å². The Balaban J connectivity index is 2.42. The van der Waals surface area contributed by atoms with E-state index in [9.17, 15) is 4.79 Å². The van der Waals surface area contributed by atoms with Gasteiger partial charge >= 0.3 is 0 Å². The normalized spacial score (nSPS) is 12.9. The highest BCUT2D eigenvalue weighted by Crippen LogP contribution is 2.14. The Hall–Kier alpha value is -1.36. The van der Waals surface area contributed by atoms with Crippen LogP contribution in [0.15, 0.2) is 12.3 Å². The van der Waals surface area contributed by atoms with Gasteiger partial charge in [-0.2, -0.15) is 5.10 Å². The zero-order valence-electron chi connectivity index (χ0n) is 14.0. The fourth-order valence-electron chi connectivity index (χ4n) is 2.15. The molecule has 0 aliphatic heterocycles. The third-order valence-electron chi connectivity index (χ3n) is 3.65. The van der Waals surface area contributed by atoms with Gasteiger partial charge in [0.2, 0.25) is 5.91 Å². The summed E-state index contributed by atoms with van der Waals surface area (Å²) in [6, 6.07) is 2.27. The van der Waals surface area contributed by atoms with E-state index in [0.717, 1.165) is 18.5 Å². The van der Waals surface area contributed by atoms with Crippen molar-refractivity contribution in [1.82, 2.24) is 20.4 Å². The molecule has 0 aliphatic rings. The lowest BCUT2D eigenvalue weighted by atomic mass is 10.2. The van der Waals surface area contributed by atoms with Crippen LogP contribution in [0.3, 0.4) is 0 Å². The minimum atomic E-state index is -0.206. The second-order valence-corrected chi connectivity index (χ2v) is 6.00. The molecule has 2 N–H and O–H groups in total. The van der Waals surface area contributed by atoms with Gasteiger partial charge in [0, 0.05) is 19.3 Å². The fourth-order valence-corrected chi connectivity index (χ4v) is 2.15. The van der Waals surface area contributed by atoms with Gasteiger partial charge in [-0.05, 0) is 31.7 Å². The van der Waals surface area contributed by atoms with E-state index in [1.165, 1.54) is 0 Å². The third kappa shape index (κ3) is 5.87. The number of rotatable bonds is 9. The number of hydrogen-bond donors (Lipinski definition) is 2. The van der Waals surface area contributed by atoms with E-state index in [1.54, 1.807) is 0 Å². The quantitative estimate of drug-likeness (QED) is 0.735. The monoisotopic (exact) mass is 294 g/mol. The van der Waals surface area contributed by atoms with Crippen LogP contribution in [0.2, 0.25) is 0 Å². The predicted octanol–water partition coefficient (Wildman–Crippen LogP) is 2.49. The molecule has 0 saturated heterocycles. The number of aromatic nitrogens is 2. The van der Waals surface area contributed by atoms with Gasteiger partial charge in [0.05, 0.1) is 17.8 Å². The first-order chi connectivity index (χ1) is 9.97. The number of nitrogens with one attached hydrogen (secondary N) is 2. The molecule has 1 amide bonds. The highest BCUT2D eigenvalue weighted by atomic mass is 16.2. The molecular formula is C16H30N4O. The van der Waals surface area contributed by atoms with Gasteiger partial charge in [0.1, 0.15) is 0 Å². The zero-order valence-corrected chi connectivity index (χ0v) is 14.0. The van der Waals surface area contributed by atoms with Crippen molar-refractivity contribution in [1.29, 1.82) is 0 Å². The maximum atomic E-state index is 11.9. The lowest BCUT2D eigenvalue weighted by Gasteiger charge is -2.15. The van der Waals surface area contributed by atoms with Crippen LogP contribution in [0.4, 0.5) is 0 Å². The molecule has 120 valence electrons. The molecule has 0 spiro atoms. The summed E-state index contributed by atoms with van der Waals surface area (Å²) in [7, 11) is 0. The maximum Gasteiger partial charge on any atom is 0.236 e. The SMILES string of the molecule is CCC(CC)n1ccc(CNC(C)C(=O)NCC(C)C)n1. The smallest absolute Gasteiger partial charge is 0.236 e. The van der Waals surface area contributed by atoms with Crippen LogP contribution >= 0.6 is 0 Å². The molecule has 1 unspecified atom stereocenters. The highest BCUT2D eigenvalue weighted by molar-refractivity contribution is 5.81. The van der Waals surface area contributed by atoms with Gasteiger partial charge < -0.3 is 10.6 Å². The molecule has 0 fully saturated rings. The lowest BCUT2D eigenvalue weighted by Crippen LogP contribution is -2.43. The number of nitrogens with zero attached hydrogens (tertiary/aromatic N) is 2. The molecule has 0 aromatic carbocycles. The standard InChI is InChI=1S/C16H30N4O/c1-6-15(7-2)20-9-8-14(19-20)11-17-13(5)16(21)18-10-12(3)4/h8-9,12-13,15,17H,6-7,10-11H2,1-5H3,(H,18,21). The molecule has 21 heavy (non-hydrogen) atoms. The van der Waals surface area contributed by atoms with Gasteiger partial charge in [0.15, 0.2) is 0 Å². The Labute approximate surface area is 128 Å². The average Bonchev–Trinajstić information content (AvgIpc) is 2.92. The van der Waals surface area contributed by atoms with Crippen LogP contribution in [0.25, 0.3) is 0 Å². The van der Waals surface area contributed by atoms with Gasteiger partial charge in [-0.25, -0.2) is 0 Å². The fraction of sp³-hybridized carbons (Fsp3) is 0.750. The first-order valence-corrected chi connectivity index (χ1v) is 8.03. The largest absolute Gasteiger partial charge is 0.354 e. The van der Waals surface area contributed by atoms with Crippen LogP contribution in [-0.2, 0) is 11.3 Å². The first kappa shape index (κ1) is 17.7. The summed E-state index contributed by atoms with van der Waals surface area (Å²) in [4.78, 5) is 11.9. The summed E-state index contributed by atoms with van der Waals surface area (Å²) in [5, 5.41) is 10.7. The van der Waals surface area contributed by atoms with Crippen molar-refractivity contribution in [2.45, 2.75) is 66.1 Å². The minimum Gasteiger partial charge on any atom is -0.354 e. The minimum absolute atomic E-state index is 0.0446. The van der Waals surface area contributed by atoms with Crippen LogP contribution in [0.5, 0.6) is 0 Å². The van der Waals surface area contributed by atoms with Gasteiger partial charge in [-0.1, -0.05) is 27.7 Å². The molecule has 5 nitrogen and oxygen atoms in total. The molecule has 1 rings (SSSR count). The van der Waals surface area contributed by atoms with E-state index in [-0.39, 0.29) is 11.9 Å². The van der Waals surface area contributed by atoms with Crippen molar-refractivity contribution in [2.75, 3.05) is 6.54 Å². The number of carbonyl (C=O) groups excluding carboxylic acids is 1. The van der Waals surface area contributed by atoms with E-state index < -0.39 is 0 Å². The Bertz CT molecular complexity index is 424. The van der Waals surface area contributed by atoms with Crippen LogP contribution < -0.4 is 10.6 Å². The van der Waals surface area contributed by atoms with E-state index in [4.69, 9.17) is 0 Å². The third-order valence-corrected chi connectivity index (χ3v) is 3.65. The molecule has 1 atom stereocenters. The molecule has 1 aromatic heterocycles. The average molecular weight is 294 g/mol. The number of carbonyl (C=O) groups is 1. The molecule has 5 heteroatoms. The zero-order chi connectivity index (χ0) is 15.8. The topological polar surface area (TPSA) is 59.0 Å². The second kappa shape index (κ2) is 8.82. The predicted molar refractivity (Wildman–Crippen MR) is 86.0 cm³/mol.